The predicted molar refractivity (Wildman–Crippen MR) is 71.6 cm³/mol. The first kappa shape index (κ1) is 13.7. The van der Waals surface area contributed by atoms with E-state index in [1.165, 1.54) is 0 Å². The summed E-state index contributed by atoms with van der Waals surface area (Å²) in [4.78, 5) is 14.2. The van der Waals surface area contributed by atoms with Crippen molar-refractivity contribution in [3.63, 3.8) is 0 Å². The molecule has 0 bridgehead atoms. The van der Waals surface area contributed by atoms with Crippen LogP contribution in [0.15, 0.2) is 12.1 Å². The Morgan fingerprint density at radius 3 is 2.26 bits per heavy atom. The number of hydrogen-bond donors (Lipinski definition) is 1. The molecule has 2 rings (SSSR count). The Hall–Kier alpha value is -1.69. The van der Waals surface area contributed by atoms with Crippen molar-refractivity contribution >= 4 is 11.7 Å². The highest BCUT2D eigenvalue weighted by Crippen LogP contribution is 2.28. The minimum absolute atomic E-state index is 0.142. The van der Waals surface area contributed by atoms with Gasteiger partial charge in [-0.3, -0.25) is 4.79 Å². The summed E-state index contributed by atoms with van der Waals surface area (Å²) in [5.74, 6) is 0.163. The SMILES string of the molecule is CC1(C)CN(C(=O)c2ccc(N)nn2)CC(C)(C)O1. The second kappa shape index (κ2) is 4.45. The lowest BCUT2D eigenvalue weighted by molar-refractivity contribution is -0.171. The van der Waals surface area contributed by atoms with Crippen LogP contribution in [0.2, 0.25) is 0 Å². The number of nitrogens with two attached hydrogens (primary N) is 1. The van der Waals surface area contributed by atoms with E-state index in [0.717, 1.165) is 0 Å². The van der Waals surface area contributed by atoms with Crippen molar-refractivity contribution in [2.45, 2.75) is 38.9 Å². The van der Waals surface area contributed by atoms with E-state index < -0.39 is 0 Å². The molecule has 6 heteroatoms. The van der Waals surface area contributed by atoms with Gasteiger partial charge >= 0.3 is 0 Å². The summed E-state index contributed by atoms with van der Waals surface area (Å²) >= 11 is 0. The normalized spacial score (nSPS) is 21.2. The summed E-state index contributed by atoms with van der Waals surface area (Å²) in [7, 11) is 0. The van der Waals surface area contributed by atoms with E-state index in [1.54, 1.807) is 17.0 Å². The maximum Gasteiger partial charge on any atom is 0.274 e. The number of morpholine rings is 1. The highest BCUT2D eigenvalue weighted by molar-refractivity contribution is 5.92. The molecule has 0 radical (unpaired) electrons. The van der Waals surface area contributed by atoms with Crippen LogP contribution < -0.4 is 5.73 Å². The number of ether oxygens (including phenoxy) is 1. The molecule has 1 aliphatic rings. The van der Waals surface area contributed by atoms with Crippen LogP contribution in [0.4, 0.5) is 5.82 Å². The number of hydrogen-bond acceptors (Lipinski definition) is 5. The zero-order chi connectivity index (χ0) is 14.3. The van der Waals surface area contributed by atoms with Gasteiger partial charge in [0.2, 0.25) is 0 Å². The number of nitrogen functional groups attached to an aromatic ring is 1. The Balaban J connectivity index is 2.21. The van der Waals surface area contributed by atoms with Gasteiger partial charge in [-0.1, -0.05) is 0 Å². The molecular formula is C13H20N4O2. The third-order valence-corrected chi connectivity index (χ3v) is 2.89. The van der Waals surface area contributed by atoms with Gasteiger partial charge in [-0.2, -0.15) is 0 Å². The maximum absolute atomic E-state index is 12.4. The lowest BCUT2D eigenvalue weighted by Crippen LogP contribution is -2.58. The summed E-state index contributed by atoms with van der Waals surface area (Å²) in [5.41, 5.74) is 5.03. The molecule has 0 saturated carbocycles. The summed E-state index contributed by atoms with van der Waals surface area (Å²) in [6, 6.07) is 3.18. The second-order valence-electron chi connectivity index (χ2n) is 6.13. The third-order valence-electron chi connectivity index (χ3n) is 2.89. The van der Waals surface area contributed by atoms with E-state index >= 15 is 0 Å². The van der Waals surface area contributed by atoms with Gasteiger partial charge in [0.15, 0.2) is 5.69 Å². The maximum atomic E-state index is 12.4. The number of amides is 1. The fraction of sp³-hybridized carbons (Fsp3) is 0.615. The van der Waals surface area contributed by atoms with E-state index in [4.69, 9.17) is 10.5 Å². The van der Waals surface area contributed by atoms with Crippen LogP contribution >= 0.6 is 0 Å². The molecular weight excluding hydrogens is 244 g/mol. The Kier molecular flexibility index (Phi) is 3.22. The number of carbonyl (C=O) groups is 1. The molecule has 2 heterocycles. The molecule has 0 aromatic carbocycles. The quantitative estimate of drug-likeness (QED) is 0.821. The first-order valence-corrected chi connectivity index (χ1v) is 6.27. The van der Waals surface area contributed by atoms with Crippen LogP contribution in [0.1, 0.15) is 38.2 Å². The molecule has 19 heavy (non-hydrogen) atoms. The van der Waals surface area contributed by atoms with E-state index in [0.29, 0.717) is 24.6 Å². The van der Waals surface area contributed by atoms with Crippen LogP contribution in [-0.2, 0) is 4.74 Å². The van der Waals surface area contributed by atoms with Gasteiger partial charge in [-0.15, -0.1) is 10.2 Å². The zero-order valence-corrected chi connectivity index (χ0v) is 11.8. The number of anilines is 1. The van der Waals surface area contributed by atoms with Crippen molar-refractivity contribution in [2.75, 3.05) is 18.8 Å². The van der Waals surface area contributed by atoms with E-state index in [-0.39, 0.29) is 17.1 Å². The van der Waals surface area contributed by atoms with Gasteiger partial charge in [-0.05, 0) is 39.8 Å². The molecule has 0 spiro atoms. The van der Waals surface area contributed by atoms with Crippen molar-refractivity contribution in [1.29, 1.82) is 0 Å². The molecule has 1 saturated heterocycles. The number of nitrogens with zero attached hydrogens (tertiary/aromatic N) is 3. The van der Waals surface area contributed by atoms with Crippen LogP contribution in [0.25, 0.3) is 0 Å². The summed E-state index contributed by atoms with van der Waals surface area (Å²) < 4.78 is 5.95. The highest BCUT2D eigenvalue weighted by Gasteiger charge is 2.40. The number of rotatable bonds is 1. The Labute approximate surface area is 112 Å². The zero-order valence-electron chi connectivity index (χ0n) is 11.8. The first-order chi connectivity index (χ1) is 8.69. The molecule has 1 aromatic heterocycles. The Bertz CT molecular complexity index is 466. The van der Waals surface area contributed by atoms with Gasteiger partial charge in [0, 0.05) is 13.1 Å². The van der Waals surface area contributed by atoms with Crippen molar-refractivity contribution in [2.24, 2.45) is 0 Å². The summed E-state index contributed by atoms with van der Waals surface area (Å²) in [6.45, 7) is 8.96. The van der Waals surface area contributed by atoms with Gasteiger partial charge in [0.1, 0.15) is 5.82 Å². The number of carbonyl (C=O) groups excluding carboxylic acids is 1. The van der Waals surface area contributed by atoms with Crippen molar-refractivity contribution in [3.05, 3.63) is 17.8 Å². The molecule has 104 valence electrons. The molecule has 0 atom stereocenters. The van der Waals surface area contributed by atoms with Gasteiger partial charge < -0.3 is 15.4 Å². The summed E-state index contributed by atoms with van der Waals surface area (Å²) in [6.07, 6.45) is 0. The second-order valence-corrected chi connectivity index (χ2v) is 6.13. The van der Waals surface area contributed by atoms with Crippen molar-refractivity contribution < 1.29 is 9.53 Å². The fourth-order valence-corrected chi connectivity index (χ4v) is 2.55. The average molecular weight is 264 g/mol. The summed E-state index contributed by atoms with van der Waals surface area (Å²) in [5, 5.41) is 7.56. The Morgan fingerprint density at radius 1 is 1.21 bits per heavy atom. The lowest BCUT2D eigenvalue weighted by Gasteiger charge is -2.46. The molecule has 1 amide bonds. The molecule has 1 aliphatic heterocycles. The third kappa shape index (κ3) is 3.20. The van der Waals surface area contributed by atoms with Crippen LogP contribution in [0.5, 0.6) is 0 Å². The predicted octanol–water partition coefficient (Wildman–Crippen LogP) is 1.09. The van der Waals surface area contributed by atoms with E-state index in [2.05, 4.69) is 10.2 Å². The Morgan fingerprint density at radius 2 is 1.79 bits per heavy atom. The van der Waals surface area contributed by atoms with Crippen molar-refractivity contribution in [1.82, 2.24) is 15.1 Å². The molecule has 2 N–H and O–H groups in total. The van der Waals surface area contributed by atoms with E-state index in [9.17, 15) is 4.79 Å². The van der Waals surface area contributed by atoms with Gasteiger partial charge in [0.25, 0.3) is 5.91 Å². The highest BCUT2D eigenvalue weighted by atomic mass is 16.5. The minimum Gasteiger partial charge on any atom is -0.382 e. The molecule has 0 unspecified atom stereocenters. The topological polar surface area (TPSA) is 81.3 Å². The average Bonchev–Trinajstić information content (AvgIpc) is 2.25. The molecule has 6 nitrogen and oxygen atoms in total. The van der Waals surface area contributed by atoms with E-state index in [1.807, 2.05) is 27.7 Å². The largest absolute Gasteiger partial charge is 0.382 e. The van der Waals surface area contributed by atoms with Gasteiger partial charge in [0.05, 0.1) is 11.2 Å². The number of aromatic nitrogens is 2. The fourth-order valence-electron chi connectivity index (χ4n) is 2.55. The van der Waals surface area contributed by atoms with Crippen LogP contribution in [0.3, 0.4) is 0 Å². The monoisotopic (exact) mass is 264 g/mol. The van der Waals surface area contributed by atoms with Crippen LogP contribution in [-0.4, -0.2) is 45.3 Å². The van der Waals surface area contributed by atoms with Crippen LogP contribution in [0, 0.1) is 0 Å². The smallest absolute Gasteiger partial charge is 0.274 e. The van der Waals surface area contributed by atoms with Crippen molar-refractivity contribution in [3.8, 4) is 0 Å². The molecule has 1 fully saturated rings. The standard InChI is InChI=1S/C13H20N4O2/c1-12(2)7-17(8-13(3,4)19-12)11(18)9-5-6-10(14)16-15-9/h5-6H,7-8H2,1-4H3,(H2,14,16). The molecule has 0 aliphatic carbocycles. The lowest BCUT2D eigenvalue weighted by atomic mass is 9.98. The molecule has 1 aromatic rings. The first-order valence-electron chi connectivity index (χ1n) is 6.27. The van der Waals surface area contributed by atoms with Gasteiger partial charge in [-0.25, -0.2) is 0 Å². The minimum atomic E-state index is -0.376.